The van der Waals surface area contributed by atoms with Gasteiger partial charge in [0.15, 0.2) is 0 Å². The Labute approximate surface area is 145 Å². The molecular weight excluding hydrogens is 302 g/mol. The number of ether oxygens (including phenoxy) is 1. The third kappa shape index (κ3) is 4.73. The Bertz CT molecular complexity index is 533. The molecule has 1 saturated heterocycles. The fourth-order valence-corrected chi connectivity index (χ4v) is 3.51. The van der Waals surface area contributed by atoms with Gasteiger partial charge in [-0.15, -0.1) is 0 Å². The van der Waals surface area contributed by atoms with Crippen molar-refractivity contribution in [3.05, 3.63) is 29.8 Å². The number of hydrogen-bond acceptors (Lipinski definition) is 3. The van der Waals surface area contributed by atoms with E-state index in [1.807, 2.05) is 29.2 Å². The number of aliphatic hydroxyl groups is 1. The van der Waals surface area contributed by atoms with Crippen LogP contribution in [0.5, 0.6) is 5.75 Å². The maximum Gasteiger partial charge on any atom is 0.222 e. The average molecular weight is 333 g/mol. The SMILES string of the molecule is COc1ccc([C@@H](CO)CN2CC[C@H](C(C)(C)C)CCC2=O)cc1. The summed E-state index contributed by atoms with van der Waals surface area (Å²) in [4.78, 5) is 14.4. The largest absolute Gasteiger partial charge is 0.497 e. The lowest BCUT2D eigenvalue weighted by atomic mass is 9.77. The fourth-order valence-electron chi connectivity index (χ4n) is 3.51. The summed E-state index contributed by atoms with van der Waals surface area (Å²) in [7, 11) is 1.64. The summed E-state index contributed by atoms with van der Waals surface area (Å²) in [6, 6.07) is 7.75. The van der Waals surface area contributed by atoms with Crippen LogP contribution in [-0.2, 0) is 4.79 Å². The molecule has 1 heterocycles. The molecule has 134 valence electrons. The molecule has 0 bridgehead atoms. The molecule has 2 atom stereocenters. The van der Waals surface area contributed by atoms with Crippen molar-refractivity contribution >= 4 is 5.91 Å². The Morgan fingerprint density at radius 2 is 1.92 bits per heavy atom. The van der Waals surface area contributed by atoms with Crippen LogP contribution < -0.4 is 4.74 Å². The van der Waals surface area contributed by atoms with Gasteiger partial charge < -0.3 is 14.7 Å². The molecule has 2 rings (SSSR count). The molecule has 1 aromatic carbocycles. The predicted octanol–water partition coefficient (Wildman–Crippen LogP) is 3.45. The number of carbonyl (C=O) groups excluding carboxylic acids is 1. The summed E-state index contributed by atoms with van der Waals surface area (Å²) in [6.07, 6.45) is 2.61. The number of carbonyl (C=O) groups is 1. The van der Waals surface area contributed by atoms with Crippen LogP contribution in [0.2, 0.25) is 0 Å². The molecule has 0 aromatic heterocycles. The standard InChI is InChI=1S/C20H31NO3/c1-20(2,3)17-7-10-19(23)21(12-11-17)13-16(14-22)15-5-8-18(24-4)9-6-15/h5-6,8-9,16-17,22H,7,10-14H2,1-4H3/t16-,17-/m1/s1. The smallest absolute Gasteiger partial charge is 0.222 e. The van der Waals surface area contributed by atoms with Gasteiger partial charge in [-0.25, -0.2) is 0 Å². The van der Waals surface area contributed by atoms with E-state index in [0.717, 1.165) is 30.7 Å². The van der Waals surface area contributed by atoms with E-state index < -0.39 is 0 Å². The van der Waals surface area contributed by atoms with Gasteiger partial charge >= 0.3 is 0 Å². The van der Waals surface area contributed by atoms with Gasteiger partial charge in [-0.2, -0.15) is 0 Å². The molecule has 4 heteroatoms. The number of likely N-dealkylation sites (tertiary alicyclic amines) is 1. The maximum absolute atomic E-state index is 12.5. The minimum atomic E-state index is -0.0500. The molecule has 0 radical (unpaired) electrons. The zero-order valence-corrected chi connectivity index (χ0v) is 15.4. The third-order valence-corrected chi connectivity index (χ3v) is 5.28. The second-order valence-electron chi connectivity index (χ2n) is 7.88. The van der Waals surface area contributed by atoms with Crippen molar-refractivity contribution in [2.45, 2.75) is 46.0 Å². The van der Waals surface area contributed by atoms with Crippen molar-refractivity contribution in [2.24, 2.45) is 11.3 Å². The normalized spacial score (nSPS) is 20.6. The fraction of sp³-hybridized carbons (Fsp3) is 0.650. The minimum Gasteiger partial charge on any atom is -0.497 e. The molecule has 0 unspecified atom stereocenters. The van der Waals surface area contributed by atoms with Crippen LogP contribution in [0.15, 0.2) is 24.3 Å². The Balaban J connectivity index is 2.05. The summed E-state index contributed by atoms with van der Waals surface area (Å²) < 4.78 is 5.18. The number of rotatable bonds is 5. The van der Waals surface area contributed by atoms with Crippen molar-refractivity contribution in [1.29, 1.82) is 0 Å². The van der Waals surface area contributed by atoms with Crippen LogP contribution in [0.25, 0.3) is 0 Å². The van der Waals surface area contributed by atoms with E-state index in [4.69, 9.17) is 4.74 Å². The lowest BCUT2D eigenvalue weighted by Crippen LogP contribution is -2.35. The Morgan fingerprint density at radius 3 is 2.46 bits per heavy atom. The second kappa shape index (κ2) is 8.02. The zero-order valence-electron chi connectivity index (χ0n) is 15.4. The van der Waals surface area contributed by atoms with Crippen LogP contribution in [0.1, 0.15) is 51.5 Å². The first-order valence-corrected chi connectivity index (χ1v) is 8.87. The summed E-state index contributed by atoms with van der Waals surface area (Å²) >= 11 is 0. The van der Waals surface area contributed by atoms with Crippen LogP contribution in [-0.4, -0.2) is 42.7 Å². The van der Waals surface area contributed by atoms with Gasteiger partial charge in [0.2, 0.25) is 5.91 Å². The Morgan fingerprint density at radius 1 is 1.25 bits per heavy atom. The average Bonchev–Trinajstić information content (AvgIpc) is 2.74. The molecule has 24 heavy (non-hydrogen) atoms. The number of hydrogen-bond donors (Lipinski definition) is 1. The lowest BCUT2D eigenvalue weighted by molar-refractivity contribution is -0.131. The highest BCUT2D eigenvalue weighted by atomic mass is 16.5. The first kappa shape index (κ1) is 18.8. The molecule has 1 amide bonds. The highest BCUT2D eigenvalue weighted by Gasteiger charge is 2.30. The Hall–Kier alpha value is -1.55. The van der Waals surface area contributed by atoms with Gasteiger partial charge in [0.25, 0.3) is 0 Å². The summed E-state index contributed by atoms with van der Waals surface area (Å²) in [5, 5.41) is 9.81. The van der Waals surface area contributed by atoms with Crippen LogP contribution in [0, 0.1) is 11.3 Å². The van der Waals surface area contributed by atoms with Crippen molar-refractivity contribution in [3.63, 3.8) is 0 Å². The van der Waals surface area contributed by atoms with E-state index in [9.17, 15) is 9.90 Å². The number of nitrogens with zero attached hydrogens (tertiary/aromatic N) is 1. The summed E-state index contributed by atoms with van der Waals surface area (Å²) in [5.41, 5.74) is 1.28. The Kier molecular flexibility index (Phi) is 6.27. The number of aliphatic hydroxyl groups excluding tert-OH is 1. The molecule has 1 aliphatic heterocycles. The van der Waals surface area contributed by atoms with Crippen LogP contribution in [0.4, 0.5) is 0 Å². The van der Waals surface area contributed by atoms with Gasteiger partial charge in [0.1, 0.15) is 5.75 Å². The van der Waals surface area contributed by atoms with E-state index in [2.05, 4.69) is 20.8 Å². The minimum absolute atomic E-state index is 0.0405. The predicted molar refractivity (Wildman–Crippen MR) is 96.2 cm³/mol. The monoisotopic (exact) mass is 333 g/mol. The molecule has 1 aliphatic rings. The molecule has 1 fully saturated rings. The molecule has 0 saturated carbocycles. The van der Waals surface area contributed by atoms with E-state index in [-0.39, 0.29) is 23.8 Å². The first-order chi connectivity index (χ1) is 11.3. The lowest BCUT2D eigenvalue weighted by Gasteiger charge is -2.30. The van der Waals surface area contributed by atoms with Crippen LogP contribution >= 0.6 is 0 Å². The van der Waals surface area contributed by atoms with Crippen molar-refractivity contribution in [3.8, 4) is 5.75 Å². The molecule has 0 aliphatic carbocycles. The number of benzene rings is 1. The summed E-state index contributed by atoms with van der Waals surface area (Å²) in [5.74, 6) is 1.54. The molecule has 1 N–H and O–H groups in total. The van der Waals surface area contributed by atoms with Gasteiger partial charge in [-0.3, -0.25) is 4.79 Å². The maximum atomic E-state index is 12.5. The number of amides is 1. The third-order valence-electron chi connectivity index (χ3n) is 5.28. The van der Waals surface area contributed by atoms with Crippen LogP contribution in [0.3, 0.4) is 0 Å². The van der Waals surface area contributed by atoms with Gasteiger partial charge in [-0.05, 0) is 41.9 Å². The van der Waals surface area contributed by atoms with Gasteiger partial charge in [0.05, 0.1) is 13.7 Å². The van der Waals surface area contributed by atoms with Crippen molar-refractivity contribution < 1.29 is 14.6 Å². The highest BCUT2D eigenvalue weighted by molar-refractivity contribution is 5.76. The molecular formula is C20H31NO3. The van der Waals surface area contributed by atoms with Crippen molar-refractivity contribution in [2.75, 3.05) is 26.8 Å². The highest BCUT2D eigenvalue weighted by Crippen LogP contribution is 2.35. The van der Waals surface area contributed by atoms with Gasteiger partial charge in [0, 0.05) is 25.4 Å². The number of methoxy groups -OCH3 is 1. The quantitative estimate of drug-likeness (QED) is 0.898. The van der Waals surface area contributed by atoms with E-state index >= 15 is 0 Å². The van der Waals surface area contributed by atoms with Gasteiger partial charge in [-0.1, -0.05) is 32.9 Å². The van der Waals surface area contributed by atoms with E-state index in [1.54, 1.807) is 7.11 Å². The molecule has 4 nitrogen and oxygen atoms in total. The zero-order chi connectivity index (χ0) is 17.7. The first-order valence-electron chi connectivity index (χ1n) is 8.87. The van der Waals surface area contributed by atoms with E-state index in [0.29, 0.717) is 18.9 Å². The molecule has 0 spiro atoms. The topological polar surface area (TPSA) is 49.8 Å². The molecule has 1 aromatic rings. The summed E-state index contributed by atoms with van der Waals surface area (Å²) in [6.45, 7) is 8.17. The van der Waals surface area contributed by atoms with E-state index in [1.165, 1.54) is 0 Å². The second-order valence-corrected chi connectivity index (χ2v) is 7.88. The van der Waals surface area contributed by atoms with Crippen molar-refractivity contribution in [1.82, 2.24) is 4.90 Å².